The predicted molar refractivity (Wildman–Crippen MR) is 85.8 cm³/mol. The van der Waals surface area contributed by atoms with Crippen LogP contribution in [0.15, 0.2) is 35.7 Å². The molecule has 110 valence electrons. The lowest BCUT2D eigenvalue weighted by Gasteiger charge is -2.31. The molecule has 21 heavy (non-hydrogen) atoms. The number of Topliss-reactive ketones (excluding diaryl/α,β-unsaturated/α-hetero) is 1. The summed E-state index contributed by atoms with van der Waals surface area (Å²) in [7, 11) is 2.12. The summed E-state index contributed by atoms with van der Waals surface area (Å²) in [5.74, 6) is 0.123. The van der Waals surface area contributed by atoms with Gasteiger partial charge in [-0.1, -0.05) is 30.3 Å². The Labute approximate surface area is 129 Å². The zero-order valence-corrected chi connectivity index (χ0v) is 13.0. The highest BCUT2D eigenvalue weighted by molar-refractivity contribution is 7.13. The van der Waals surface area contributed by atoms with E-state index in [2.05, 4.69) is 21.8 Å². The van der Waals surface area contributed by atoms with Gasteiger partial charge in [0.05, 0.1) is 6.54 Å². The quantitative estimate of drug-likeness (QED) is 0.812. The number of likely N-dealkylation sites (N-methyl/N-ethyl adjacent to an activating group) is 1. The Kier molecular flexibility index (Phi) is 4.43. The second kappa shape index (κ2) is 6.47. The lowest BCUT2D eigenvalue weighted by Crippen LogP contribution is -2.46. The molecule has 0 amide bonds. The number of hydrogen-bond donors (Lipinski definition) is 0. The van der Waals surface area contributed by atoms with Gasteiger partial charge in [-0.2, -0.15) is 0 Å². The van der Waals surface area contributed by atoms with Crippen LogP contribution in [-0.4, -0.2) is 60.3 Å². The maximum absolute atomic E-state index is 12.3. The first kappa shape index (κ1) is 14.4. The first-order chi connectivity index (χ1) is 10.2. The summed E-state index contributed by atoms with van der Waals surface area (Å²) in [6.45, 7) is 4.45. The topological polar surface area (TPSA) is 36.4 Å². The van der Waals surface area contributed by atoms with Gasteiger partial charge in [-0.05, 0) is 7.05 Å². The second-order valence-corrected chi connectivity index (χ2v) is 6.26. The molecule has 1 fully saturated rings. The standard InChI is InChI=1S/C16H19N3OS/c1-18-7-9-19(10-8-18)11-15(20)14-12-21-16(17-14)13-5-3-2-4-6-13/h2-6,12H,7-11H2,1H3. The molecule has 0 radical (unpaired) electrons. The average molecular weight is 301 g/mol. The van der Waals surface area contributed by atoms with Gasteiger partial charge < -0.3 is 4.90 Å². The van der Waals surface area contributed by atoms with Gasteiger partial charge in [0.25, 0.3) is 0 Å². The van der Waals surface area contributed by atoms with Crippen LogP contribution in [0.5, 0.6) is 0 Å². The summed E-state index contributed by atoms with van der Waals surface area (Å²) >= 11 is 1.53. The van der Waals surface area contributed by atoms with Crippen molar-refractivity contribution in [2.75, 3.05) is 39.8 Å². The SMILES string of the molecule is CN1CCN(CC(=O)c2csc(-c3ccccc3)n2)CC1. The van der Waals surface area contributed by atoms with Crippen LogP contribution in [-0.2, 0) is 0 Å². The van der Waals surface area contributed by atoms with Crippen LogP contribution in [0.25, 0.3) is 10.6 Å². The molecular formula is C16H19N3OS. The molecule has 2 heterocycles. The summed E-state index contributed by atoms with van der Waals surface area (Å²) in [4.78, 5) is 21.3. The normalized spacial score (nSPS) is 17.0. The van der Waals surface area contributed by atoms with Crippen molar-refractivity contribution in [2.24, 2.45) is 0 Å². The fourth-order valence-corrected chi connectivity index (χ4v) is 3.24. The van der Waals surface area contributed by atoms with Crippen molar-refractivity contribution in [1.82, 2.24) is 14.8 Å². The molecule has 0 saturated carbocycles. The molecule has 0 N–H and O–H groups in total. The van der Waals surface area contributed by atoms with Crippen LogP contribution in [0.1, 0.15) is 10.5 Å². The minimum absolute atomic E-state index is 0.123. The minimum Gasteiger partial charge on any atom is -0.304 e. The largest absolute Gasteiger partial charge is 0.304 e. The zero-order chi connectivity index (χ0) is 14.7. The minimum atomic E-state index is 0.123. The molecule has 0 unspecified atom stereocenters. The maximum atomic E-state index is 12.3. The molecule has 1 aliphatic heterocycles. The van der Waals surface area contributed by atoms with E-state index in [1.807, 2.05) is 35.7 Å². The van der Waals surface area contributed by atoms with Crippen molar-refractivity contribution in [3.63, 3.8) is 0 Å². The van der Waals surface area contributed by atoms with E-state index in [-0.39, 0.29) is 5.78 Å². The van der Waals surface area contributed by atoms with Crippen LogP contribution in [0.2, 0.25) is 0 Å². The third-order valence-electron chi connectivity index (χ3n) is 3.77. The number of aromatic nitrogens is 1. The highest BCUT2D eigenvalue weighted by Gasteiger charge is 2.19. The van der Waals surface area contributed by atoms with Gasteiger partial charge in [0.2, 0.25) is 0 Å². The monoisotopic (exact) mass is 301 g/mol. The summed E-state index contributed by atoms with van der Waals surface area (Å²) in [6.07, 6.45) is 0. The second-order valence-electron chi connectivity index (χ2n) is 5.41. The van der Waals surface area contributed by atoms with Gasteiger partial charge in [0.15, 0.2) is 5.78 Å². The number of nitrogens with zero attached hydrogens (tertiary/aromatic N) is 3. The Bertz CT molecular complexity index is 603. The van der Waals surface area contributed by atoms with Crippen LogP contribution in [0, 0.1) is 0 Å². The maximum Gasteiger partial charge on any atom is 0.195 e. The highest BCUT2D eigenvalue weighted by Crippen LogP contribution is 2.23. The number of benzene rings is 1. The molecule has 0 spiro atoms. The van der Waals surface area contributed by atoms with Crippen molar-refractivity contribution >= 4 is 17.1 Å². The number of ketones is 1. The molecule has 0 bridgehead atoms. The average Bonchev–Trinajstić information content (AvgIpc) is 3.00. The number of piperazine rings is 1. The number of carbonyl (C=O) groups excluding carboxylic acids is 1. The first-order valence-corrected chi connectivity index (χ1v) is 8.05. The van der Waals surface area contributed by atoms with Gasteiger partial charge in [-0.3, -0.25) is 9.69 Å². The van der Waals surface area contributed by atoms with Gasteiger partial charge in [0, 0.05) is 37.1 Å². The molecule has 3 rings (SSSR count). The van der Waals surface area contributed by atoms with Gasteiger partial charge >= 0.3 is 0 Å². The zero-order valence-electron chi connectivity index (χ0n) is 12.2. The summed E-state index contributed by atoms with van der Waals surface area (Å²) in [5.41, 5.74) is 1.67. The molecule has 1 aliphatic rings. The van der Waals surface area contributed by atoms with E-state index in [0.717, 1.165) is 36.8 Å². The summed E-state index contributed by atoms with van der Waals surface area (Å²) in [5, 5.41) is 2.79. The molecule has 1 saturated heterocycles. The van der Waals surface area contributed by atoms with Crippen LogP contribution >= 0.6 is 11.3 Å². The van der Waals surface area contributed by atoms with Crippen LogP contribution in [0.4, 0.5) is 0 Å². The number of hydrogen-bond acceptors (Lipinski definition) is 5. The van der Waals surface area contributed by atoms with Gasteiger partial charge in [0.1, 0.15) is 10.7 Å². The Balaban J connectivity index is 1.64. The molecule has 0 aliphatic carbocycles. The molecular weight excluding hydrogens is 282 g/mol. The highest BCUT2D eigenvalue weighted by atomic mass is 32.1. The van der Waals surface area contributed by atoms with Crippen molar-refractivity contribution in [3.05, 3.63) is 41.4 Å². The van der Waals surface area contributed by atoms with Crippen molar-refractivity contribution < 1.29 is 4.79 Å². The van der Waals surface area contributed by atoms with E-state index < -0.39 is 0 Å². The Morgan fingerprint density at radius 2 is 1.90 bits per heavy atom. The van der Waals surface area contributed by atoms with E-state index in [0.29, 0.717) is 12.2 Å². The van der Waals surface area contributed by atoms with Gasteiger partial charge in [-0.15, -0.1) is 11.3 Å². The van der Waals surface area contributed by atoms with E-state index in [4.69, 9.17) is 0 Å². The third-order valence-corrected chi connectivity index (χ3v) is 4.67. The van der Waals surface area contributed by atoms with Crippen molar-refractivity contribution in [2.45, 2.75) is 0 Å². The number of rotatable bonds is 4. The van der Waals surface area contributed by atoms with Crippen molar-refractivity contribution in [3.8, 4) is 10.6 Å². The molecule has 4 nitrogen and oxygen atoms in total. The van der Waals surface area contributed by atoms with Crippen LogP contribution < -0.4 is 0 Å². The molecule has 1 aromatic carbocycles. The summed E-state index contributed by atoms with van der Waals surface area (Å²) in [6, 6.07) is 10.0. The molecule has 1 aromatic heterocycles. The predicted octanol–water partition coefficient (Wildman–Crippen LogP) is 2.24. The Hall–Kier alpha value is -1.56. The molecule has 5 heteroatoms. The van der Waals surface area contributed by atoms with Gasteiger partial charge in [-0.25, -0.2) is 4.98 Å². The molecule has 2 aromatic rings. The fraction of sp³-hybridized carbons (Fsp3) is 0.375. The summed E-state index contributed by atoms with van der Waals surface area (Å²) < 4.78 is 0. The Morgan fingerprint density at radius 1 is 1.19 bits per heavy atom. The van der Waals surface area contributed by atoms with Crippen LogP contribution in [0.3, 0.4) is 0 Å². The fourth-order valence-electron chi connectivity index (χ4n) is 2.41. The number of carbonyl (C=O) groups is 1. The third kappa shape index (κ3) is 3.56. The van der Waals surface area contributed by atoms with E-state index >= 15 is 0 Å². The van der Waals surface area contributed by atoms with Crippen molar-refractivity contribution in [1.29, 1.82) is 0 Å². The van der Waals surface area contributed by atoms with E-state index in [1.165, 1.54) is 11.3 Å². The first-order valence-electron chi connectivity index (χ1n) is 7.17. The Morgan fingerprint density at radius 3 is 2.62 bits per heavy atom. The number of thiazole rings is 1. The van der Waals surface area contributed by atoms with E-state index in [9.17, 15) is 4.79 Å². The van der Waals surface area contributed by atoms with E-state index in [1.54, 1.807) is 0 Å². The molecule has 0 atom stereocenters. The lowest BCUT2D eigenvalue weighted by atomic mass is 10.2. The smallest absolute Gasteiger partial charge is 0.195 e. The lowest BCUT2D eigenvalue weighted by molar-refractivity contribution is 0.0872.